The van der Waals surface area contributed by atoms with Crippen LogP contribution in [0.5, 0.6) is 0 Å². The van der Waals surface area contributed by atoms with Crippen LogP contribution in [-0.2, 0) is 18.3 Å². The highest BCUT2D eigenvalue weighted by atomic mass is 31.2. The first-order valence-corrected chi connectivity index (χ1v) is 5.03. The number of rotatable bonds is 6. The standard InChI is InChI=1S/C6H16NO4P/c1-7(2)12(8,10-4)11-6-5-9-3/h5-6H2,1-4H3. The zero-order valence-corrected chi connectivity index (χ0v) is 8.84. The normalized spacial score (nSPS) is 16.4. The van der Waals surface area contributed by atoms with Gasteiger partial charge < -0.3 is 4.74 Å². The second kappa shape index (κ2) is 5.67. The highest BCUT2D eigenvalue weighted by Gasteiger charge is 2.25. The van der Waals surface area contributed by atoms with Gasteiger partial charge >= 0.3 is 7.75 Å². The van der Waals surface area contributed by atoms with Crippen molar-refractivity contribution in [1.82, 2.24) is 4.67 Å². The summed E-state index contributed by atoms with van der Waals surface area (Å²) in [5, 5.41) is 0. The van der Waals surface area contributed by atoms with Crippen molar-refractivity contribution >= 4 is 7.75 Å². The van der Waals surface area contributed by atoms with E-state index in [1.165, 1.54) is 11.8 Å². The van der Waals surface area contributed by atoms with Gasteiger partial charge in [0, 0.05) is 14.2 Å². The van der Waals surface area contributed by atoms with Crippen LogP contribution in [0, 0.1) is 0 Å². The Bertz CT molecular complexity index is 162. The Morgan fingerprint density at radius 3 is 2.17 bits per heavy atom. The molecule has 0 aliphatic carbocycles. The molecule has 0 saturated heterocycles. The fourth-order valence-electron chi connectivity index (χ4n) is 0.567. The van der Waals surface area contributed by atoms with Gasteiger partial charge in [-0.05, 0) is 14.1 Å². The molecular weight excluding hydrogens is 181 g/mol. The molecule has 1 atom stereocenters. The average molecular weight is 197 g/mol. The van der Waals surface area contributed by atoms with Gasteiger partial charge in [0.15, 0.2) is 0 Å². The van der Waals surface area contributed by atoms with Crippen LogP contribution in [-0.4, -0.2) is 46.2 Å². The van der Waals surface area contributed by atoms with Gasteiger partial charge in [-0.1, -0.05) is 0 Å². The minimum absolute atomic E-state index is 0.264. The van der Waals surface area contributed by atoms with E-state index in [0.717, 1.165) is 0 Å². The van der Waals surface area contributed by atoms with Crippen molar-refractivity contribution in [2.24, 2.45) is 0 Å². The molecule has 12 heavy (non-hydrogen) atoms. The lowest BCUT2D eigenvalue weighted by Gasteiger charge is -2.21. The smallest absolute Gasteiger partial charge is 0.382 e. The monoisotopic (exact) mass is 197 g/mol. The molecule has 0 fully saturated rings. The van der Waals surface area contributed by atoms with E-state index in [0.29, 0.717) is 6.61 Å². The molecule has 0 aliphatic heterocycles. The predicted molar refractivity (Wildman–Crippen MR) is 46.1 cm³/mol. The Labute approximate surface area is 73.2 Å². The second-order valence-electron chi connectivity index (χ2n) is 2.32. The Kier molecular flexibility index (Phi) is 5.70. The van der Waals surface area contributed by atoms with Crippen LogP contribution in [0.3, 0.4) is 0 Å². The highest BCUT2D eigenvalue weighted by Crippen LogP contribution is 2.48. The van der Waals surface area contributed by atoms with Crippen LogP contribution in [0.2, 0.25) is 0 Å². The molecule has 0 heterocycles. The molecule has 0 bridgehead atoms. The minimum Gasteiger partial charge on any atom is -0.382 e. The first-order chi connectivity index (χ1) is 5.56. The molecule has 0 aromatic heterocycles. The molecule has 1 unspecified atom stereocenters. The van der Waals surface area contributed by atoms with Crippen molar-refractivity contribution < 1.29 is 18.3 Å². The molecule has 0 aromatic rings. The molecule has 0 radical (unpaired) electrons. The van der Waals surface area contributed by atoms with Crippen molar-refractivity contribution in [2.45, 2.75) is 0 Å². The Morgan fingerprint density at radius 2 is 1.83 bits per heavy atom. The largest absolute Gasteiger partial charge is 0.407 e. The van der Waals surface area contributed by atoms with Gasteiger partial charge in [-0.15, -0.1) is 0 Å². The SMILES string of the molecule is COCCOP(=O)(OC)N(C)C. The molecule has 0 spiro atoms. The van der Waals surface area contributed by atoms with Gasteiger partial charge in [-0.25, -0.2) is 9.24 Å². The van der Waals surface area contributed by atoms with E-state index in [1.807, 2.05) is 0 Å². The summed E-state index contributed by atoms with van der Waals surface area (Å²) < 4.78 is 27.5. The molecule has 0 rings (SSSR count). The third-order valence-electron chi connectivity index (χ3n) is 1.26. The quantitative estimate of drug-likeness (QED) is 0.469. The fraction of sp³-hybridized carbons (Fsp3) is 1.00. The van der Waals surface area contributed by atoms with E-state index in [1.54, 1.807) is 21.2 Å². The van der Waals surface area contributed by atoms with Crippen LogP contribution >= 0.6 is 7.75 Å². The van der Waals surface area contributed by atoms with Crippen molar-refractivity contribution in [3.63, 3.8) is 0 Å². The van der Waals surface area contributed by atoms with Gasteiger partial charge in [0.25, 0.3) is 0 Å². The number of methoxy groups -OCH3 is 1. The van der Waals surface area contributed by atoms with Crippen molar-refractivity contribution in [1.29, 1.82) is 0 Å². The third kappa shape index (κ3) is 3.65. The maximum Gasteiger partial charge on any atom is 0.407 e. The zero-order valence-electron chi connectivity index (χ0n) is 7.94. The van der Waals surface area contributed by atoms with Crippen LogP contribution in [0.4, 0.5) is 0 Å². The molecule has 74 valence electrons. The highest BCUT2D eigenvalue weighted by molar-refractivity contribution is 7.51. The lowest BCUT2D eigenvalue weighted by molar-refractivity contribution is 0.122. The van der Waals surface area contributed by atoms with Gasteiger partial charge in [0.1, 0.15) is 0 Å². The Hall–Kier alpha value is 0.0700. The lowest BCUT2D eigenvalue weighted by atomic mass is 10.8. The number of nitrogens with zero attached hydrogens (tertiary/aromatic N) is 1. The van der Waals surface area contributed by atoms with Gasteiger partial charge in [0.2, 0.25) is 0 Å². The summed E-state index contributed by atoms with van der Waals surface area (Å²) in [7, 11) is 3.13. The molecule has 5 nitrogen and oxygen atoms in total. The van der Waals surface area contributed by atoms with Gasteiger partial charge in [-0.2, -0.15) is 0 Å². The summed E-state index contributed by atoms with van der Waals surface area (Å²) in [5.41, 5.74) is 0. The molecule has 6 heteroatoms. The van der Waals surface area contributed by atoms with E-state index in [9.17, 15) is 4.57 Å². The predicted octanol–water partition coefficient (Wildman–Crippen LogP) is 0.966. The molecule has 0 saturated carbocycles. The van der Waals surface area contributed by atoms with Crippen LogP contribution < -0.4 is 0 Å². The van der Waals surface area contributed by atoms with Crippen molar-refractivity contribution in [2.75, 3.05) is 41.5 Å². The first kappa shape index (κ1) is 12.1. The van der Waals surface area contributed by atoms with E-state index in [4.69, 9.17) is 13.8 Å². The molecule has 0 N–H and O–H groups in total. The molecule has 0 aromatic carbocycles. The van der Waals surface area contributed by atoms with Crippen LogP contribution in [0.15, 0.2) is 0 Å². The van der Waals surface area contributed by atoms with Crippen molar-refractivity contribution in [3.8, 4) is 0 Å². The fourth-order valence-corrected chi connectivity index (χ4v) is 1.54. The average Bonchev–Trinajstić information content (AvgIpc) is 2.04. The maximum atomic E-state index is 11.6. The van der Waals surface area contributed by atoms with E-state index in [2.05, 4.69) is 0 Å². The first-order valence-electron chi connectivity index (χ1n) is 3.54. The number of hydrogen-bond donors (Lipinski definition) is 0. The lowest BCUT2D eigenvalue weighted by Crippen LogP contribution is -2.14. The zero-order chi connectivity index (χ0) is 9.61. The van der Waals surface area contributed by atoms with Gasteiger partial charge in [-0.3, -0.25) is 9.05 Å². The Balaban J connectivity index is 3.89. The molecule has 0 aliphatic rings. The van der Waals surface area contributed by atoms with Gasteiger partial charge in [0.05, 0.1) is 13.2 Å². The summed E-state index contributed by atoms with van der Waals surface area (Å²) in [6.45, 7) is 0.668. The summed E-state index contributed by atoms with van der Waals surface area (Å²) >= 11 is 0. The minimum atomic E-state index is -3.05. The second-order valence-corrected chi connectivity index (χ2v) is 4.68. The summed E-state index contributed by atoms with van der Waals surface area (Å²) in [4.78, 5) is 0. The number of ether oxygens (including phenoxy) is 1. The third-order valence-corrected chi connectivity index (χ3v) is 3.21. The van der Waals surface area contributed by atoms with E-state index in [-0.39, 0.29) is 6.61 Å². The summed E-state index contributed by atoms with van der Waals surface area (Å²) in [6.07, 6.45) is 0. The molecular formula is C6H16NO4P. The summed E-state index contributed by atoms with van der Waals surface area (Å²) in [6, 6.07) is 0. The van der Waals surface area contributed by atoms with Crippen LogP contribution in [0.1, 0.15) is 0 Å². The molecule has 0 amide bonds. The summed E-state index contributed by atoms with van der Waals surface area (Å²) in [5.74, 6) is 0. The van der Waals surface area contributed by atoms with Crippen LogP contribution in [0.25, 0.3) is 0 Å². The maximum absolute atomic E-state index is 11.6. The number of hydrogen-bond acceptors (Lipinski definition) is 4. The van der Waals surface area contributed by atoms with E-state index < -0.39 is 7.75 Å². The van der Waals surface area contributed by atoms with Crippen molar-refractivity contribution in [3.05, 3.63) is 0 Å². The topological polar surface area (TPSA) is 48.0 Å². The van der Waals surface area contributed by atoms with E-state index >= 15 is 0 Å². The Morgan fingerprint density at radius 1 is 1.25 bits per heavy atom.